The summed E-state index contributed by atoms with van der Waals surface area (Å²) in [5.74, 6) is -0.951. The molecule has 6 heteroatoms. The van der Waals surface area contributed by atoms with Gasteiger partial charge in [-0.25, -0.2) is 4.79 Å². The SMILES string of the molecule is Cc1ccc2c(c1)CCN2c1ccc2c(c1)CCN[C@H]2CNc1cnccc1C(=O)O. The first-order valence-corrected chi connectivity index (χ1v) is 10.7. The largest absolute Gasteiger partial charge is 0.478 e. The lowest BCUT2D eigenvalue weighted by molar-refractivity contribution is 0.0697. The Kier molecular flexibility index (Phi) is 5.08. The first kappa shape index (κ1) is 19.6. The van der Waals surface area contributed by atoms with Gasteiger partial charge in [0.2, 0.25) is 0 Å². The predicted octanol–water partition coefficient (Wildman–Crippen LogP) is 4.08. The number of aromatic carboxylic acids is 1. The Labute approximate surface area is 181 Å². The summed E-state index contributed by atoms with van der Waals surface area (Å²) < 4.78 is 0. The predicted molar refractivity (Wildman–Crippen MR) is 122 cm³/mol. The average molecular weight is 415 g/mol. The van der Waals surface area contributed by atoms with Gasteiger partial charge in [-0.1, -0.05) is 23.8 Å². The monoisotopic (exact) mass is 414 g/mol. The maximum absolute atomic E-state index is 11.5. The average Bonchev–Trinajstić information content (AvgIpc) is 3.20. The van der Waals surface area contributed by atoms with E-state index in [2.05, 4.69) is 63.8 Å². The summed E-state index contributed by atoms with van der Waals surface area (Å²) >= 11 is 0. The van der Waals surface area contributed by atoms with Crippen molar-refractivity contribution in [3.05, 3.63) is 82.7 Å². The molecule has 0 fully saturated rings. The van der Waals surface area contributed by atoms with Gasteiger partial charge in [0.05, 0.1) is 17.4 Å². The summed E-state index contributed by atoms with van der Waals surface area (Å²) in [5.41, 5.74) is 8.71. The van der Waals surface area contributed by atoms with E-state index in [-0.39, 0.29) is 11.6 Å². The van der Waals surface area contributed by atoms with Gasteiger partial charge in [0.1, 0.15) is 0 Å². The molecule has 0 aliphatic carbocycles. The second-order valence-corrected chi connectivity index (χ2v) is 8.28. The van der Waals surface area contributed by atoms with Crippen molar-refractivity contribution in [3.8, 4) is 0 Å². The number of carbonyl (C=O) groups is 1. The van der Waals surface area contributed by atoms with Crippen LogP contribution >= 0.6 is 0 Å². The van der Waals surface area contributed by atoms with E-state index < -0.39 is 5.97 Å². The van der Waals surface area contributed by atoms with Gasteiger partial charge in [0, 0.05) is 36.7 Å². The third-order valence-corrected chi connectivity index (χ3v) is 6.28. The lowest BCUT2D eigenvalue weighted by Gasteiger charge is -2.29. The van der Waals surface area contributed by atoms with Gasteiger partial charge in [-0.3, -0.25) is 4.98 Å². The summed E-state index contributed by atoms with van der Waals surface area (Å²) in [6.45, 7) is 4.66. The van der Waals surface area contributed by atoms with Crippen molar-refractivity contribution in [2.45, 2.75) is 25.8 Å². The molecule has 2 aliphatic heterocycles. The van der Waals surface area contributed by atoms with E-state index in [0.717, 1.165) is 25.9 Å². The van der Waals surface area contributed by atoms with Crippen molar-refractivity contribution >= 4 is 23.0 Å². The van der Waals surface area contributed by atoms with Crippen LogP contribution < -0.4 is 15.5 Å². The number of pyridine rings is 1. The standard InChI is InChI=1S/C25H26N4O2/c1-16-2-5-24-18(12-16)8-11-29(24)19-3-4-20-17(13-19)6-10-27-23(20)15-28-22-14-26-9-7-21(22)25(30)31/h2-5,7,9,12-14,23,27-28H,6,8,10-11,15H2,1H3,(H,30,31)/t23-/m0/s1. The maximum Gasteiger partial charge on any atom is 0.337 e. The molecule has 0 amide bonds. The molecule has 158 valence electrons. The highest BCUT2D eigenvalue weighted by molar-refractivity contribution is 5.93. The summed E-state index contributed by atoms with van der Waals surface area (Å²) in [6, 6.07) is 15.1. The van der Waals surface area contributed by atoms with Crippen molar-refractivity contribution in [1.29, 1.82) is 0 Å². The van der Waals surface area contributed by atoms with E-state index in [1.54, 1.807) is 6.20 Å². The summed E-state index contributed by atoms with van der Waals surface area (Å²) in [7, 11) is 0. The van der Waals surface area contributed by atoms with Crippen LogP contribution in [0.1, 0.15) is 38.7 Å². The molecule has 0 radical (unpaired) electrons. The molecule has 0 saturated carbocycles. The van der Waals surface area contributed by atoms with Gasteiger partial charge in [-0.2, -0.15) is 0 Å². The Morgan fingerprint density at radius 1 is 1.19 bits per heavy atom. The Morgan fingerprint density at radius 3 is 2.97 bits per heavy atom. The number of carboxylic acid groups (broad SMARTS) is 1. The normalized spacial score (nSPS) is 17.2. The Bertz CT molecular complexity index is 1140. The van der Waals surface area contributed by atoms with Gasteiger partial charge in [0.25, 0.3) is 0 Å². The van der Waals surface area contributed by atoms with Crippen LogP contribution in [0.25, 0.3) is 0 Å². The second-order valence-electron chi connectivity index (χ2n) is 8.28. The van der Waals surface area contributed by atoms with Crippen molar-refractivity contribution in [2.75, 3.05) is 29.9 Å². The number of anilines is 3. The molecule has 3 heterocycles. The third kappa shape index (κ3) is 3.75. The molecule has 0 saturated heterocycles. The summed E-state index contributed by atoms with van der Waals surface area (Å²) in [4.78, 5) is 17.9. The van der Waals surface area contributed by atoms with Crippen LogP contribution in [-0.4, -0.2) is 35.7 Å². The van der Waals surface area contributed by atoms with Crippen LogP contribution in [-0.2, 0) is 12.8 Å². The van der Waals surface area contributed by atoms with Crippen molar-refractivity contribution in [3.63, 3.8) is 0 Å². The van der Waals surface area contributed by atoms with E-state index >= 15 is 0 Å². The molecule has 0 unspecified atom stereocenters. The first-order valence-electron chi connectivity index (χ1n) is 10.7. The molecule has 2 aromatic carbocycles. The summed E-state index contributed by atoms with van der Waals surface area (Å²) in [5, 5.41) is 16.2. The molecule has 1 aromatic heterocycles. The highest BCUT2D eigenvalue weighted by Gasteiger charge is 2.24. The molecule has 3 aromatic rings. The third-order valence-electron chi connectivity index (χ3n) is 6.28. The van der Waals surface area contributed by atoms with Gasteiger partial charge in [-0.05, 0) is 67.3 Å². The molecule has 1 atom stereocenters. The van der Waals surface area contributed by atoms with Crippen molar-refractivity contribution in [1.82, 2.24) is 10.3 Å². The zero-order valence-electron chi connectivity index (χ0n) is 17.6. The molecular formula is C25H26N4O2. The van der Waals surface area contributed by atoms with Gasteiger partial charge >= 0.3 is 5.97 Å². The van der Waals surface area contributed by atoms with Crippen molar-refractivity contribution in [2.24, 2.45) is 0 Å². The number of aryl methyl sites for hydroxylation is 1. The fourth-order valence-corrected chi connectivity index (χ4v) is 4.72. The van der Waals surface area contributed by atoms with E-state index in [1.165, 1.54) is 45.9 Å². The number of fused-ring (bicyclic) bond motifs is 2. The van der Waals surface area contributed by atoms with Crippen LogP contribution in [0, 0.1) is 6.92 Å². The Balaban J connectivity index is 1.36. The Hall–Kier alpha value is -3.38. The van der Waals surface area contributed by atoms with Gasteiger partial charge in [0.15, 0.2) is 0 Å². The number of benzene rings is 2. The fourth-order valence-electron chi connectivity index (χ4n) is 4.72. The molecule has 0 spiro atoms. The molecule has 31 heavy (non-hydrogen) atoms. The zero-order valence-corrected chi connectivity index (χ0v) is 17.6. The second kappa shape index (κ2) is 8.04. The molecule has 3 N–H and O–H groups in total. The quantitative estimate of drug-likeness (QED) is 0.584. The summed E-state index contributed by atoms with van der Waals surface area (Å²) in [6.07, 6.45) is 5.14. The number of hydrogen-bond donors (Lipinski definition) is 3. The zero-order chi connectivity index (χ0) is 21.4. The van der Waals surface area contributed by atoms with E-state index in [0.29, 0.717) is 12.2 Å². The lowest BCUT2D eigenvalue weighted by atomic mass is 9.93. The minimum absolute atomic E-state index is 0.119. The van der Waals surface area contributed by atoms with Crippen LogP contribution in [0.15, 0.2) is 54.9 Å². The number of aromatic nitrogens is 1. The van der Waals surface area contributed by atoms with E-state index in [4.69, 9.17) is 0 Å². The van der Waals surface area contributed by atoms with E-state index in [1.807, 2.05) is 0 Å². The fraction of sp³-hybridized carbons (Fsp3) is 0.280. The molecule has 5 rings (SSSR count). The maximum atomic E-state index is 11.5. The lowest BCUT2D eigenvalue weighted by Crippen LogP contribution is -2.34. The van der Waals surface area contributed by atoms with Gasteiger partial charge in [-0.15, -0.1) is 0 Å². The number of hydrogen-bond acceptors (Lipinski definition) is 5. The number of nitrogens with zero attached hydrogens (tertiary/aromatic N) is 2. The van der Waals surface area contributed by atoms with Crippen LogP contribution in [0.2, 0.25) is 0 Å². The first-order chi connectivity index (χ1) is 15.1. The smallest absolute Gasteiger partial charge is 0.337 e. The van der Waals surface area contributed by atoms with Crippen LogP contribution in [0.4, 0.5) is 17.1 Å². The topological polar surface area (TPSA) is 77.5 Å². The van der Waals surface area contributed by atoms with Gasteiger partial charge < -0.3 is 20.6 Å². The molecule has 0 bridgehead atoms. The highest BCUT2D eigenvalue weighted by atomic mass is 16.4. The minimum atomic E-state index is -0.951. The highest BCUT2D eigenvalue weighted by Crippen LogP contribution is 2.37. The van der Waals surface area contributed by atoms with E-state index in [9.17, 15) is 9.90 Å². The molecule has 2 aliphatic rings. The number of rotatable bonds is 5. The molecule has 6 nitrogen and oxygen atoms in total. The van der Waals surface area contributed by atoms with Crippen LogP contribution in [0.5, 0.6) is 0 Å². The van der Waals surface area contributed by atoms with Crippen molar-refractivity contribution < 1.29 is 9.90 Å². The Morgan fingerprint density at radius 2 is 2.10 bits per heavy atom. The number of nitrogens with one attached hydrogen (secondary N) is 2. The minimum Gasteiger partial charge on any atom is -0.478 e. The number of carboxylic acids is 1. The molecular weight excluding hydrogens is 388 g/mol. The van der Waals surface area contributed by atoms with Crippen LogP contribution in [0.3, 0.4) is 0 Å².